The SMILES string of the molecule is Cc1nc(OCC(C)C[SH](=O)=O)ccc1-c1ccccc1C=O. The molecule has 0 amide bonds. The van der Waals surface area contributed by atoms with Crippen LogP contribution in [0.25, 0.3) is 11.1 Å². The van der Waals surface area contributed by atoms with Gasteiger partial charge in [-0.1, -0.05) is 31.2 Å². The molecular formula is C17H19NO4S. The number of carbonyl (C=O) groups excluding carboxylic acids is 1. The largest absolute Gasteiger partial charge is 0.477 e. The summed E-state index contributed by atoms with van der Waals surface area (Å²) < 4.78 is 26.9. The summed E-state index contributed by atoms with van der Waals surface area (Å²) in [6.45, 7) is 3.95. The van der Waals surface area contributed by atoms with Crippen LogP contribution in [-0.4, -0.2) is 32.0 Å². The molecule has 5 nitrogen and oxygen atoms in total. The Morgan fingerprint density at radius 3 is 2.57 bits per heavy atom. The van der Waals surface area contributed by atoms with Crippen molar-refractivity contribution in [2.75, 3.05) is 12.4 Å². The van der Waals surface area contributed by atoms with E-state index in [1.165, 1.54) is 0 Å². The molecule has 0 aliphatic rings. The van der Waals surface area contributed by atoms with Crippen molar-refractivity contribution < 1.29 is 17.9 Å². The van der Waals surface area contributed by atoms with Crippen molar-refractivity contribution in [2.24, 2.45) is 5.92 Å². The molecule has 0 saturated carbocycles. The highest BCUT2D eigenvalue weighted by Crippen LogP contribution is 2.26. The number of nitrogens with zero attached hydrogens (tertiary/aromatic N) is 1. The zero-order valence-electron chi connectivity index (χ0n) is 13.1. The van der Waals surface area contributed by atoms with Crippen molar-refractivity contribution in [1.82, 2.24) is 4.98 Å². The second-order valence-electron chi connectivity index (χ2n) is 5.42. The maximum absolute atomic E-state index is 11.1. The first-order valence-electron chi connectivity index (χ1n) is 7.28. The fraction of sp³-hybridized carbons (Fsp3) is 0.294. The molecule has 1 atom stereocenters. The molecule has 1 aromatic heterocycles. The summed E-state index contributed by atoms with van der Waals surface area (Å²) in [5.74, 6) is 0.454. The van der Waals surface area contributed by atoms with Gasteiger partial charge in [0.05, 0.1) is 12.4 Å². The molecule has 2 aromatic rings. The monoisotopic (exact) mass is 333 g/mol. The second kappa shape index (κ2) is 7.87. The molecule has 0 radical (unpaired) electrons. The lowest BCUT2D eigenvalue weighted by atomic mass is 9.99. The Hall–Kier alpha value is -2.21. The van der Waals surface area contributed by atoms with Crippen LogP contribution in [0.1, 0.15) is 23.0 Å². The summed E-state index contributed by atoms with van der Waals surface area (Å²) in [6, 6.07) is 10.9. The van der Waals surface area contributed by atoms with Gasteiger partial charge in [-0.15, -0.1) is 0 Å². The van der Waals surface area contributed by atoms with E-state index < -0.39 is 10.7 Å². The molecular weight excluding hydrogens is 314 g/mol. The maximum Gasteiger partial charge on any atom is 0.213 e. The van der Waals surface area contributed by atoms with E-state index in [-0.39, 0.29) is 11.7 Å². The molecule has 6 heteroatoms. The van der Waals surface area contributed by atoms with Gasteiger partial charge in [-0.05, 0) is 18.6 Å². The summed E-state index contributed by atoms with van der Waals surface area (Å²) in [4.78, 5) is 15.5. The normalized spacial score (nSPS) is 12.1. The van der Waals surface area contributed by atoms with Gasteiger partial charge < -0.3 is 4.74 Å². The Morgan fingerprint density at radius 1 is 1.17 bits per heavy atom. The molecule has 0 aliphatic carbocycles. The average Bonchev–Trinajstić information content (AvgIpc) is 2.52. The van der Waals surface area contributed by atoms with Crippen LogP contribution in [0.3, 0.4) is 0 Å². The molecule has 0 N–H and O–H groups in total. The van der Waals surface area contributed by atoms with Crippen LogP contribution in [-0.2, 0) is 10.7 Å². The van der Waals surface area contributed by atoms with E-state index >= 15 is 0 Å². The maximum atomic E-state index is 11.1. The number of pyridine rings is 1. The van der Waals surface area contributed by atoms with Gasteiger partial charge >= 0.3 is 0 Å². The third-order valence-corrected chi connectivity index (χ3v) is 4.34. The van der Waals surface area contributed by atoms with Gasteiger partial charge in [-0.2, -0.15) is 0 Å². The van der Waals surface area contributed by atoms with Crippen LogP contribution < -0.4 is 4.74 Å². The van der Waals surface area contributed by atoms with Gasteiger partial charge in [-0.25, -0.2) is 13.4 Å². The van der Waals surface area contributed by atoms with Crippen molar-refractivity contribution in [3.63, 3.8) is 0 Å². The number of thiol groups is 1. The predicted octanol–water partition coefficient (Wildman–Crippen LogP) is 2.50. The molecule has 0 spiro atoms. The number of hydrogen-bond donors (Lipinski definition) is 1. The first-order chi connectivity index (χ1) is 11.0. The topological polar surface area (TPSA) is 73.3 Å². The van der Waals surface area contributed by atoms with Crippen LogP contribution in [0.2, 0.25) is 0 Å². The van der Waals surface area contributed by atoms with Gasteiger partial charge in [0.15, 0.2) is 6.29 Å². The standard InChI is InChI=1S/C17H19NO4S/c1-12(11-23(20)21)10-22-17-8-7-15(13(2)18-17)16-6-4-3-5-14(16)9-19/h3-9,12,23H,10-11H2,1-2H3. The quantitative estimate of drug-likeness (QED) is 0.622. The van der Waals surface area contributed by atoms with E-state index in [1.54, 1.807) is 12.1 Å². The number of aromatic nitrogens is 1. The smallest absolute Gasteiger partial charge is 0.213 e. The zero-order chi connectivity index (χ0) is 16.8. The molecule has 0 fully saturated rings. The van der Waals surface area contributed by atoms with Crippen molar-refractivity contribution in [3.05, 3.63) is 47.7 Å². The molecule has 1 unspecified atom stereocenters. The fourth-order valence-corrected chi connectivity index (χ4v) is 2.90. The molecule has 1 heterocycles. The van der Waals surface area contributed by atoms with Crippen molar-refractivity contribution in [2.45, 2.75) is 13.8 Å². The predicted molar refractivity (Wildman–Crippen MR) is 89.6 cm³/mol. The lowest BCUT2D eigenvalue weighted by molar-refractivity contribution is 0.112. The Morgan fingerprint density at radius 2 is 1.91 bits per heavy atom. The molecule has 1 aromatic carbocycles. The Bertz CT molecular complexity index is 763. The summed E-state index contributed by atoms with van der Waals surface area (Å²) in [6.07, 6.45) is 0.824. The molecule has 0 aliphatic heterocycles. The minimum absolute atomic E-state index is 0.0892. The van der Waals surface area contributed by atoms with Crippen molar-refractivity contribution in [3.8, 4) is 17.0 Å². The highest BCUT2D eigenvalue weighted by molar-refractivity contribution is 7.72. The van der Waals surface area contributed by atoms with Crippen molar-refractivity contribution >= 4 is 17.0 Å². The summed E-state index contributed by atoms with van der Waals surface area (Å²) >= 11 is 0. The van der Waals surface area contributed by atoms with Gasteiger partial charge in [0, 0.05) is 28.8 Å². The minimum atomic E-state index is -2.40. The number of benzene rings is 1. The second-order valence-corrected chi connectivity index (χ2v) is 6.45. The number of aldehydes is 1. The number of carbonyl (C=O) groups is 1. The molecule has 122 valence electrons. The van der Waals surface area contributed by atoms with E-state index in [9.17, 15) is 13.2 Å². The number of rotatable bonds is 7. The first kappa shape index (κ1) is 17.1. The van der Waals surface area contributed by atoms with E-state index in [4.69, 9.17) is 4.74 Å². The lowest BCUT2D eigenvalue weighted by Gasteiger charge is -2.12. The van der Waals surface area contributed by atoms with Gasteiger partial charge in [0.25, 0.3) is 0 Å². The summed E-state index contributed by atoms with van der Waals surface area (Å²) in [7, 11) is -2.40. The third kappa shape index (κ3) is 4.63. The minimum Gasteiger partial charge on any atom is -0.477 e. The average molecular weight is 333 g/mol. The molecule has 23 heavy (non-hydrogen) atoms. The highest BCUT2D eigenvalue weighted by Gasteiger charge is 2.10. The Balaban J connectivity index is 2.16. The van der Waals surface area contributed by atoms with E-state index in [1.807, 2.05) is 38.1 Å². The van der Waals surface area contributed by atoms with Crippen molar-refractivity contribution in [1.29, 1.82) is 0 Å². The van der Waals surface area contributed by atoms with Crippen LogP contribution >= 0.6 is 0 Å². The van der Waals surface area contributed by atoms with Crippen LogP contribution in [0.15, 0.2) is 36.4 Å². The van der Waals surface area contributed by atoms with E-state index in [2.05, 4.69) is 4.98 Å². The Kier molecular flexibility index (Phi) is 5.87. The third-order valence-electron chi connectivity index (χ3n) is 3.41. The highest BCUT2D eigenvalue weighted by atomic mass is 32.2. The summed E-state index contributed by atoms with van der Waals surface area (Å²) in [5, 5.41) is 0. The van der Waals surface area contributed by atoms with E-state index in [0.717, 1.165) is 23.1 Å². The number of ether oxygens (including phenoxy) is 1. The molecule has 2 rings (SSSR count). The van der Waals surface area contributed by atoms with Crippen LogP contribution in [0, 0.1) is 12.8 Å². The first-order valence-corrected chi connectivity index (χ1v) is 8.64. The lowest BCUT2D eigenvalue weighted by Crippen LogP contribution is -2.14. The number of aryl methyl sites for hydroxylation is 1. The summed E-state index contributed by atoms with van der Waals surface area (Å²) in [5.41, 5.74) is 3.06. The molecule has 0 saturated heterocycles. The number of hydrogen-bond acceptors (Lipinski definition) is 5. The van der Waals surface area contributed by atoms with E-state index in [0.29, 0.717) is 18.1 Å². The Labute approximate surface area is 137 Å². The molecule has 0 bridgehead atoms. The zero-order valence-corrected chi connectivity index (χ0v) is 14.0. The van der Waals surface area contributed by atoms with Gasteiger partial charge in [0.2, 0.25) is 5.88 Å². The fourth-order valence-electron chi connectivity index (χ4n) is 2.28. The van der Waals surface area contributed by atoms with Gasteiger partial charge in [-0.3, -0.25) is 4.79 Å². The van der Waals surface area contributed by atoms with Crippen LogP contribution in [0.4, 0.5) is 0 Å². The van der Waals surface area contributed by atoms with Gasteiger partial charge in [0.1, 0.15) is 10.7 Å². The van der Waals surface area contributed by atoms with Crippen LogP contribution in [0.5, 0.6) is 5.88 Å².